The molecule has 80 valence electrons. The molecule has 3 heteroatoms. The molecule has 0 bridgehead atoms. The van der Waals surface area contributed by atoms with Crippen molar-refractivity contribution in [1.82, 2.24) is 9.78 Å². The highest BCUT2D eigenvalue weighted by Crippen LogP contribution is 2.16. The van der Waals surface area contributed by atoms with Crippen molar-refractivity contribution in [3.63, 3.8) is 0 Å². The first-order chi connectivity index (χ1) is 6.57. The molecule has 1 rings (SSSR count). The van der Waals surface area contributed by atoms with Crippen LogP contribution in [0.25, 0.3) is 0 Å². The maximum atomic E-state index is 11.5. The fourth-order valence-corrected chi connectivity index (χ4v) is 1.82. The summed E-state index contributed by atoms with van der Waals surface area (Å²) in [6, 6.07) is 0. The summed E-state index contributed by atoms with van der Waals surface area (Å²) in [6.45, 7) is 9.23. The molecule has 0 saturated carbocycles. The summed E-state index contributed by atoms with van der Waals surface area (Å²) in [4.78, 5) is 11.5. The Labute approximate surface area is 85.1 Å². The first kappa shape index (κ1) is 11.1. The highest BCUT2D eigenvalue weighted by atomic mass is 16.1. The fraction of sp³-hybridized carbons (Fsp3) is 0.727. The zero-order valence-corrected chi connectivity index (χ0v) is 9.55. The van der Waals surface area contributed by atoms with Gasteiger partial charge < -0.3 is 0 Å². The highest BCUT2D eigenvalue weighted by molar-refractivity contribution is 5.19. The summed E-state index contributed by atoms with van der Waals surface area (Å²) in [6.07, 6.45) is 2.26. The molecular weight excluding hydrogens is 176 g/mol. The van der Waals surface area contributed by atoms with Gasteiger partial charge in [0.2, 0.25) is 0 Å². The third-order valence-corrected chi connectivity index (χ3v) is 2.53. The number of hydrogen-bond donors (Lipinski definition) is 1. The van der Waals surface area contributed by atoms with Crippen molar-refractivity contribution < 1.29 is 0 Å². The Hall–Kier alpha value is -0.990. The van der Waals surface area contributed by atoms with Gasteiger partial charge in [0, 0.05) is 17.8 Å². The topological polar surface area (TPSA) is 37.8 Å². The Balaban J connectivity index is 3.03. The molecular formula is C11H20N2O. The lowest BCUT2D eigenvalue weighted by Gasteiger charge is -2.11. The average molecular weight is 196 g/mol. The van der Waals surface area contributed by atoms with Crippen LogP contribution in [0.4, 0.5) is 0 Å². The molecule has 0 radical (unpaired) electrons. The molecule has 0 aliphatic rings. The number of nitrogens with one attached hydrogen (secondary N) is 1. The maximum absolute atomic E-state index is 11.5. The molecule has 0 fully saturated rings. The molecule has 3 nitrogen and oxygen atoms in total. The Morgan fingerprint density at radius 1 is 1.43 bits per heavy atom. The van der Waals surface area contributed by atoms with Crippen LogP contribution in [-0.2, 0) is 6.54 Å². The van der Waals surface area contributed by atoms with Gasteiger partial charge in [-0.15, -0.1) is 0 Å². The summed E-state index contributed by atoms with van der Waals surface area (Å²) < 4.78 is 2.01. The van der Waals surface area contributed by atoms with Crippen molar-refractivity contribution >= 4 is 0 Å². The molecule has 0 aliphatic heterocycles. The first-order valence-corrected chi connectivity index (χ1v) is 5.37. The van der Waals surface area contributed by atoms with Crippen molar-refractivity contribution in [3.8, 4) is 0 Å². The van der Waals surface area contributed by atoms with Gasteiger partial charge >= 0.3 is 0 Å². The zero-order valence-electron chi connectivity index (χ0n) is 9.55. The van der Waals surface area contributed by atoms with E-state index < -0.39 is 0 Å². The Morgan fingerprint density at radius 2 is 2.07 bits per heavy atom. The fourth-order valence-electron chi connectivity index (χ4n) is 1.82. The minimum Gasteiger partial charge on any atom is -0.289 e. The lowest BCUT2D eigenvalue weighted by molar-refractivity contribution is 0.532. The Kier molecular flexibility index (Phi) is 3.55. The molecule has 0 atom stereocenters. The van der Waals surface area contributed by atoms with E-state index in [0.717, 1.165) is 30.6 Å². The van der Waals surface area contributed by atoms with E-state index in [4.69, 9.17) is 0 Å². The third kappa shape index (κ3) is 2.08. The minimum atomic E-state index is 0.0600. The van der Waals surface area contributed by atoms with E-state index in [0.29, 0.717) is 5.92 Å². The van der Waals surface area contributed by atoms with Gasteiger partial charge in [-0.05, 0) is 19.3 Å². The third-order valence-electron chi connectivity index (χ3n) is 2.53. The average Bonchev–Trinajstić information content (AvgIpc) is 2.39. The lowest BCUT2D eigenvalue weighted by Crippen LogP contribution is -2.08. The number of H-pyrrole nitrogens is 1. The van der Waals surface area contributed by atoms with Gasteiger partial charge in [-0.25, -0.2) is 0 Å². The lowest BCUT2D eigenvalue weighted by atomic mass is 10.1. The van der Waals surface area contributed by atoms with Crippen LogP contribution in [0, 0.1) is 6.92 Å². The SMILES string of the molecule is CCCCn1[nH]c(=O)c(C)c1C(C)C. The summed E-state index contributed by atoms with van der Waals surface area (Å²) in [5, 5.41) is 2.89. The van der Waals surface area contributed by atoms with Gasteiger partial charge in [-0.3, -0.25) is 14.6 Å². The predicted molar refractivity (Wildman–Crippen MR) is 58.8 cm³/mol. The highest BCUT2D eigenvalue weighted by Gasteiger charge is 2.13. The van der Waals surface area contributed by atoms with E-state index in [1.165, 1.54) is 0 Å². The second-order valence-corrected chi connectivity index (χ2v) is 4.11. The quantitative estimate of drug-likeness (QED) is 0.789. The van der Waals surface area contributed by atoms with Crippen LogP contribution in [0.2, 0.25) is 0 Å². The van der Waals surface area contributed by atoms with E-state index in [1.54, 1.807) is 0 Å². The summed E-state index contributed by atoms with van der Waals surface area (Å²) in [5.74, 6) is 0.408. The van der Waals surface area contributed by atoms with Crippen LogP contribution in [0.5, 0.6) is 0 Å². The number of rotatable bonds is 4. The Bertz CT molecular complexity index is 347. The van der Waals surface area contributed by atoms with Crippen molar-refractivity contribution in [3.05, 3.63) is 21.6 Å². The molecule has 0 aliphatic carbocycles. The smallest absolute Gasteiger partial charge is 0.267 e. The summed E-state index contributed by atoms with van der Waals surface area (Å²) in [7, 11) is 0. The van der Waals surface area contributed by atoms with Gasteiger partial charge in [0.1, 0.15) is 0 Å². The van der Waals surface area contributed by atoms with Crippen molar-refractivity contribution in [1.29, 1.82) is 0 Å². The molecule has 1 aromatic heterocycles. The Morgan fingerprint density at radius 3 is 2.57 bits per heavy atom. The van der Waals surface area contributed by atoms with Gasteiger partial charge in [-0.2, -0.15) is 0 Å². The van der Waals surface area contributed by atoms with Gasteiger partial charge in [0.15, 0.2) is 0 Å². The number of aromatic amines is 1. The second-order valence-electron chi connectivity index (χ2n) is 4.11. The number of unbranched alkanes of at least 4 members (excludes halogenated alkanes) is 1. The van der Waals surface area contributed by atoms with Crippen molar-refractivity contribution in [2.75, 3.05) is 0 Å². The van der Waals surface area contributed by atoms with Crippen LogP contribution in [-0.4, -0.2) is 9.78 Å². The van der Waals surface area contributed by atoms with Crippen molar-refractivity contribution in [2.45, 2.75) is 53.0 Å². The zero-order chi connectivity index (χ0) is 10.7. The largest absolute Gasteiger partial charge is 0.289 e. The summed E-state index contributed by atoms with van der Waals surface area (Å²) in [5.41, 5.74) is 2.09. The second kappa shape index (κ2) is 4.49. The number of aryl methyl sites for hydroxylation is 1. The monoisotopic (exact) mass is 196 g/mol. The molecule has 0 unspecified atom stereocenters. The molecule has 1 heterocycles. The van der Waals surface area contributed by atoms with Crippen LogP contribution >= 0.6 is 0 Å². The van der Waals surface area contributed by atoms with Gasteiger partial charge in [-0.1, -0.05) is 27.2 Å². The van der Waals surface area contributed by atoms with Crippen LogP contribution in [0.15, 0.2) is 4.79 Å². The minimum absolute atomic E-state index is 0.0600. The van der Waals surface area contributed by atoms with Crippen LogP contribution in [0.1, 0.15) is 50.8 Å². The molecule has 0 saturated heterocycles. The van der Waals surface area contributed by atoms with E-state index in [9.17, 15) is 4.79 Å². The van der Waals surface area contributed by atoms with Gasteiger partial charge in [0.25, 0.3) is 5.56 Å². The van der Waals surface area contributed by atoms with E-state index in [1.807, 2.05) is 11.6 Å². The molecule has 0 spiro atoms. The first-order valence-electron chi connectivity index (χ1n) is 5.37. The normalized spacial score (nSPS) is 11.2. The molecule has 0 amide bonds. The number of nitrogens with zero attached hydrogens (tertiary/aromatic N) is 1. The van der Waals surface area contributed by atoms with E-state index >= 15 is 0 Å². The van der Waals surface area contributed by atoms with Crippen molar-refractivity contribution in [2.24, 2.45) is 0 Å². The molecule has 1 aromatic rings. The van der Waals surface area contributed by atoms with Crippen LogP contribution < -0.4 is 5.56 Å². The number of aromatic nitrogens is 2. The molecule has 14 heavy (non-hydrogen) atoms. The van der Waals surface area contributed by atoms with E-state index in [-0.39, 0.29) is 5.56 Å². The maximum Gasteiger partial charge on any atom is 0.267 e. The predicted octanol–water partition coefficient (Wildman–Crippen LogP) is 2.41. The molecule has 1 N–H and O–H groups in total. The summed E-state index contributed by atoms with van der Waals surface area (Å²) >= 11 is 0. The van der Waals surface area contributed by atoms with Crippen LogP contribution in [0.3, 0.4) is 0 Å². The molecule has 0 aromatic carbocycles. The van der Waals surface area contributed by atoms with E-state index in [2.05, 4.69) is 25.9 Å². The number of hydrogen-bond acceptors (Lipinski definition) is 1. The van der Waals surface area contributed by atoms with Gasteiger partial charge in [0.05, 0.1) is 0 Å². The standard InChI is InChI=1S/C11H20N2O/c1-5-6-7-13-10(8(2)3)9(4)11(14)12-13/h8H,5-7H2,1-4H3,(H,12,14).